The average molecular weight is 415 g/mol. The first kappa shape index (κ1) is 21.8. The fourth-order valence-electron chi connectivity index (χ4n) is 5.14. The number of rotatable bonds is 8. The second-order valence-electron chi connectivity index (χ2n) is 9.29. The monoisotopic (exact) mass is 414 g/mol. The second kappa shape index (κ2) is 10.3. The van der Waals surface area contributed by atoms with Crippen LogP contribution in [0.4, 0.5) is 4.39 Å². The summed E-state index contributed by atoms with van der Waals surface area (Å²) in [5, 5.41) is 1.72. The van der Waals surface area contributed by atoms with Crippen LogP contribution in [-0.2, 0) is 19.3 Å². The topological polar surface area (TPSA) is 0 Å². The van der Waals surface area contributed by atoms with E-state index in [1.54, 1.807) is 0 Å². The van der Waals surface area contributed by atoms with Gasteiger partial charge in [0.15, 0.2) is 0 Å². The number of benzene rings is 3. The highest BCUT2D eigenvalue weighted by Gasteiger charge is 2.21. The molecule has 4 rings (SSSR count). The summed E-state index contributed by atoms with van der Waals surface area (Å²) in [7, 11) is 0. The highest BCUT2D eigenvalue weighted by atomic mass is 19.1. The molecule has 1 fully saturated rings. The first-order valence-electron chi connectivity index (χ1n) is 12.1. The van der Waals surface area contributed by atoms with Gasteiger partial charge in [-0.15, -0.1) is 6.58 Å². The largest absolute Gasteiger partial charge is 0.206 e. The van der Waals surface area contributed by atoms with Gasteiger partial charge in [0, 0.05) is 5.39 Å². The number of aryl methyl sites for hydroxylation is 3. The summed E-state index contributed by atoms with van der Waals surface area (Å²) in [6, 6.07) is 19.3. The molecule has 3 aromatic rings. The van der Waals surface area contributed by atoms with Gasteiger partial charge in [-0.05, 0) is 90.8 Å². The van der Waals surface area contributed by atoms with Gasteiger partial charge in [0.25, 0.3) is 0 Å². The van der Waals surface area contributed by atoms with E-state index in [2.05, 4.69) is 49.9 Å². The Morgan fingerprint density at radius 3 is 2.32 bits per heavy atom. The molecule has 0 atom stereocenters. The van der Waals surface area contributed by atoms with Gasteiger partial charge in [-0.3, -0.25) is 0 Å². The van der Waals surface area contributed by atoms with Gasteiger partial charge < -0.3 is 0 Å². The molecule has 0 spiro atoms. The zero-order chi connectivity index (χ0) is 21.6. The van der Waals surface area contributed by atoms with Gasteiger partial charge in [-0.1, -0.05) is 74.0 Å². The molecule has 0 radical (unpaired) electrons. The molecule has 1 aliphatic rings. The molecule has 0 unspecified atom stereocenters. The zero-order valence-corrected chi connectivity index (χ0v) is 18.9. The number of hydrogen-bond acceptors (Lipinski definition) is 0. The molecule has 0 amide bonds. The molecule has 1 aliphatic carbocycles. The van der Waals surface area contributed by atoms with Crippen molar-refractivity contribution in [2.24, 2.45) is 5.92 Å². The summed E-state index contributed by atoms with van der Waals surface area (Å²) in [4.78, 5) is 0. The van der Waals surface area contributed by atoms with Crippen molar-refractivity contribution < 1.29 is 4.39 Å². The van der Waals surface area contributed by atoms with Crippen LogP contribution in [-0.4, -0.2) is 0 Å². The van der Waals surface area contributed by atoms with Crippen LogP contribution in [0.5, 0.6) is 0 Å². The molecule has 3 aromatic carbocycles. The van der Waals surface area contributed by atoms with Crippen LogP contribution in [0.3, 0.4) is 0 Å². The maximum absolute atomic E-state index is 15.1. The van der Waals surface area contributed by atoms with Crippen molar-refractivity contribution in [3.63, 3.8) is 0 Å². The van der Waals surface area contributed by atoms with Crippen LogP contribution < -0.4 is 0 Å². The van der Waals surface area contributed by atoms with E-state index in [9.17, 15) is 0 Å². The summed E-state index contributed by atoms with van der Waals surface area (Å²) in [5.74, 6) is 1.61. The van der Waals surface area contributed by atoms with Gasteiger partial charge in [0.1, 0.15) is 5.82 Å². The summed E-state index contributed by atoms with van der Waals surface area (Å²) in [5.41, 5.74) is 4.84. The SMILES string of the molecule is C=CCCc1ccc2c(F)c(CCc3ccc(C4CCC(CC)CC4)cc3)ccc2c1. The van der Waals surface area contributed by atoms with Crippen LogP contribution in [0.1, 0.15) is 73.6 Å². The lowest BCUT2D eigenvalue weighted by atomic mass is 9.78. The van der Waals surface area contributed by atoms with E-state index in [0.717, 1.165) is 53.9 Å². The number of fused-ring (bicyclic) bond motifs is 1. The third kappa shape index (κ3) is 5.26. The summed E-state index contributed by atoms with van der Waals surface area (Å²) in [6.07, 6.45) is 12.2. The van der Waals surface area contributed by atoms with Crippen LogP contribution in [0.25, 0.3) is 10.8 Å². The molecule has 1 saturated carbocycles. The van der Waals surface area contributed by atoms with Crippen molar-refractivity contribution in [3.05, 3.63) is 95.3 Å². The molecule has 0 aromatic heterocycles. The van der Waals surface area contributed by atoms with E-state index in [0.29, 0.717) is 0 Å². The molecule has 0 bridgehead atoms. The first-order chi connectivity index (χ1) is 15.2. The van der Waals surface area contributed by atoms with Crippen molar-refractivity contribution in [1.82, 2.24) is 0 Å². The number of allylic oxidation sites excluding steroid dienone is 1. The van der Waals surface area contributed by atoms with E-state index < -0.39 is 0 Å². The maximum atomic E-state index is 15.1. The Kier molecular flexibility index (Phi) is 7.22. The van der Waals surface area contributed by atoms with Crippen LogP contribution in [0.2, 0.25) is 0 Å². The molecule has 31 heavy (non-hydrogen) atoms. The Morgan fingerprint density at radius 2 is 1.61 bits per heavy atom. The Hall–Kier alpha value is -2.41. The van der Waals surface area contributed by atoms with E-state index in [-0.39, 0.29) is 5.82 Å². The Bertz CT molecular complexity index is 1010. The summed E-state index contributed by atoms with van der Waals surface area (Å²) < 4.78 is 15.1. The first-order valence-corrected chi connectivity index (χ1v) is 12.1. The van der Waals surface area contributed by atoms with Crippen LogP contribution >= 0.6 is 0 Å². The standard InChI is InChI=1S/C30H35F/c1-3-5-6-24-12-20-29-28(21-24)19-18-27(30(29)31)17-11-23-9-15-26(16-10-23)25-13-7-22(4-2)8-14-25/h3,9-10,12,15-16,18-22,25H,1,4-8,11,13-14,17H2,2H3. The zero-order valence-electron chi connectivity index (χ0n) is 18.9. The normalized spacial score (nSPS) is 18.9. The third-order valence-electron chi connectivity index (χ3n) is 7.29. The molecule has 0 heterocycles. The Balaban J connectivity index is 1.39. The molecular formula is C30H35F. The fraction of sp³-hybridized carbons (Fsp3) is 0.400. The number of hydrogen-bond donors (Lipinski definition) is 0. The smallest absolute Gasteiger partial charge is 0.134 e. The van der Waals surface area contributed by atoms with E-state index >= 15 is 4.39 Å². The van der Waals surface area contributed by atoms with Gasteiger partial charge in [0.05, 0.1) is 0 Å². The van der Waals surface area contributed by atoms with Crippen LogP contribution in [0.15, 0.2) is 67.3 Å². The van der Waals surface area contributed by atoms with Crippen molar-refractivity contribution in [2.45, 2.75) is 70.6 Å². The minimum atomic E-state index is -0.0583. The molecule has 0 nitrogen and oxygen atoms in total. The summed E-state index contributed by atoms with van der Waals surface area (Å²) >= 11 is 0. The van der Waals surface area contributed by atoms with Gasteiger partial charge in [-0.25, -0.2) is 4.39 Å². The Morgan fingerprint density at radius 1 is 0.871 bits per heavy atom. The quantitative estimate of drug-likeness (QED) is 0.324. The predicted octanol–water partition coefficient (Wildman–Crippen LogP) is 8.57. The van der Waals surface area contributed by atoms with Crippen molar-refractivity contribution in [1.29, 1.82) is 0 Å². The molecule has 0 saturated heterocycles. The summed E-state index contributed by atoms with van der Waals surface area (Å²) in [6.45, 7) is 6.10. The lowest BCUT2D eigenvalue weighted by Crippen LogP contribution is -2.12. The lowest BCUT2D eigenvalue weighted by Gasteiger charge is -2.28. The molecular weight excluding hydrogens is 379 g/mol. The van der Waals surface area contributed by atoms with E-state index in [1.165, 1.54) is 48.8 Å². The van der Waals surface area contributed by atoms with E-state index in [4.69, 9.17) is 0 Å². The van der Waals surface area contributed by atoms with Crippen molar-refractivity contribution in [3.8, 4) is 0 Å². The highest BCUT2D eigenvalue weighted by molar-refractivity contribution is 5.84. The molecule has 162 valence electrons. The molecule has 1 heteroatoms. The van der Waals surface area contributed by atoms with Gasteiger partial charge >= 0.3 is 0 Å². The van der Waals surface area contributed by atoms with Gasteiger partial charge in [0.2, 0.25) is 0 Å². The van der Waals surface area contributed by atoms with Crippen molar-refractivity contribution >= 4 is 10.8 Å². The predicted molar refractivity (Wildman–Crippen MR) is 131 cm³/mol. The highest BCUT2D eigenvalue weighted by Crippen LogP contribution is 2.37. The number of halogens is 1. The molecule has 0 aliphatic heterocycles. The van der Waals surface area contributed by atoms with Crippen LogP contribution in [0, 0.1) is 11.7 Å². The van der Waals surface area contributed by atoms with Gasteiger partial charge in [-0.2, -0.15) is 0 Å². The minimum absolute atomic E-state index is 0.0583. The Labute approximate surface area is 187 Å². The average Bonchev–Trinajstić information content (AvgIpc) is 2.82. The maximum Gasteiger partial charge on any atom is 0.134 e. The fourth-order valence-corrected chi connectivity index (χ4v) is 5.14. The molecule has 0 N–H and O–H groups in total. The third-order valence-corrected chi connectivity index (χ3v) is 7.29. The van der Waals surface area contributed by atoms with Crippen molar-refractivity contribution in [2.75, 3.05) is 0 Å². The van der Waals surface area contributed by atoms with E-state index in [1.807, 2.05) is 24.3 Å². The second-order valence-corrected chi connectivity index (χ2v) is 9.29. The minimum Gasteiger partial charge on any atom is -0.206 e. The lowest BCUT2D eigenvalue weighted by molar-refractivity contribution is 0.319.